The van der Waals surface area contributed by atoms with E-state index in [0.717, 1.165) is 0 Å². The van der Waals surface area contributed by atoms with Crippen LogP contribution in [-0.4, -0.2) is 0 Å². The van der Waals surface area contributed by atoms with Crippen molar-refractivity contribution in [2.45, 2.75) is 6.42 Å². The zero-order valence-corrected chi connectivity index (χ0v) is 4.07. The lowest BCUT2D eigenvalue weighted by atomic mass is 10.4. The molecule has 0 bridgehead atoms. The lowest BCUT2D eigenvalue weighted by molar-refractivity contribution is 1.57. The van der Waals surface area contributed by atoms with Gasteiger partial charge in [-0.05, 0) is 6.08 Å². The fourth-order valence-electron chi connectivity index (χ4n) is 0.174. The van der Waals surface area contributed by atoms with Crippen LogP contribution < -0.4 is 0 Å². The Morgan fingerprint density at radius 1 is 1.71 bits per heavy atom. The fourth-order valence-corrected chi connectivity index (χ4v) is 0.174. The summed E-state index contributed by atoms with van der Waals surface area (Å²) in [5.74, 6) is 7.68. The van der Waals surface area contributed by atoms with E-state index < -0.39 is 0 Å². The van der Waals surface area contributed by atoms with Gasteiger partial charge in [-0.25, -0.2) is 0 Å². The van der Waals surface area contributed by atoms with Gasteiger partial charge in [-0.15, -0.1) is 6.42 Å². The smallest absolute Gasteiger partial charge is 0.0703 e. The van der Waals surface area contributed by atoms with Gasteiger partial charge in [-0.1, -0.05) is 24.3 Å². The summed E-state index contributed by atoms with van der Waals surface area (Å²) in [7, 11) is 0. The Morgan fingerprint density at radius 3 is 2.86 bits per heavy atom. The van der Waals surface area contributed by atoms with E-state index in [-0.39, 0.29) is 0 Å². The second kappa shape index (κ2) is 4.86. The van der Waals surface area contributed by atoms with Crippen LogP contribution in [0, 0.1) is 24.2 Å². The minimum absolute atomic E-state index is 0.520. The molecule has 0 aromatic heterocycles. The van der Waals surface area contributed by atoms with Crippen molar-refractivity contribution in [3.05, 3.63) is 12.7 Å². The zero-order chi connectivity index (χ0) is 5.54. The topological polar surface area (TPSA) is 0 Å². The second-order valence-electron chi connectivity index (χ2n) is 0.906. The minimum atomic E-state index is 0.520. The molecule has 0 N–H and O–H groups in total. The summed E-state index contributed by atoms with van der Waals surface area (Å²) in [6.45, 7) is 3.39. The lowest BCUT2D eigenvalue weighted by Crippen LogP contribution is -1.52. The lowest BCUT2D eigenvalue weighted by Gasteiger charge is -1.62. The summed E-state index contributed by atoms with van der Waals surface area (Å²) in [6, 6.07) is 0. The van der Waals surface area contributed by atoms with Gasteiger partial charge in [0.05, 0.1) is 6.42 Å². The highest BCUT2D eigenvalue weighted by atomic mass is 13.6. The Bertz CT molecular complexity index is 136. The van der Waals surface area contributed by atoms with Crippen molar-refractivity contribution >= 4 is 0 Å². The molecule has 0 nitrogen and oxygen atoms in total. The van der Waals surface area contributed by atoms with Gasteiger partial charge in [0.2, 0.25) is 0 Å². The van der Waals surface area contributed by atoms with Crippen LogP contribution in [-0.2, 0) is 0 Å². The molecule has 0 fully saturated rings. The number of hydrogen-bond acceptors (Lipinski definition) is 0. The molecule has 0 aliphatic heterocycles. The van der Waals surface area contributed by atoms with Gasteiger partial charge in [0.1, 0.15) is 0 Å². The van der Waals surface area contributed by atoms with Gasteiger partial charge in [0, 0.05) is 0 Å². The van der Waals surface area contributed by atoms with Gasteiger partial charge in [-0.3, -0.25) is 0 Å². The van der Waals surface area contributed by atoms with Crippen molar-refractivity contribution in [1.29, 1.82) is 0 Å². The molecule has 7 heavy (non-hydrogen) atoms. The average Bonchev–Trinajstić information content (AvgIpc) is 1.69. The first-order valence-electron chi connectivity index (χ1n) is 1.94. The molecular formula is C7H6. The second-order valence-corrected chi connectivity index (χ2v) is 0.906. The molecule has 34 valence electrons. The third kappa shape index (κ3) is 4.86. The molecule has 0 aromatic carbocycles. The monoisotopic (exact) mass is 90.0 g/mol. The van der Waals surface area contributed by atoms with E-state index in [0.29, 0.717) is 6.42 Å². The predicted octanol–water partition coefficient (Wildman–Crippen LogP) is 1.20. The highest BCUT2D eigenvalue weighted by Crippen LogP contribution is 1.65. The maximum Gasteiger partial charge on any atom is 0.0703 e. The first-order chi connectivity index (χ1) is 3.41. The van der Waals surface area contributed by atoms with E-state index in [1.807, 2.05) is 0 Å². The summed E-state index contributed by atoms with van der Waals surface area (Å²) >= 11 is 0. The van der Waals surface area contributed by atoms with Crippen LogP contribution in [0.2, 0.25) is 0 Å². The fraction of sp³-hybridized carbons (Fsp3) is 0.143. The summed E-state index contributed by atoms with van der Waals surface area (Å²) in [5.41, 5.74) is 0. The van der Waals surface area contributed by atoms with Crippen molar-refractivity contribution < 1.29 is 0 Å². The molecule has 0 saturated carbocycles. The van der Waals surface area contributed by atoms with Gasteiger partial charge in [0.15, 0.2) is 0 Å². The van der Waals surface area contributed by atoms with Crippen LogP contribution in [0.1, 0.15) is 6.42 Å². The molecule has 0 aliphatic carbocycles. The summed E-state index contributed by atoms with van der Waals surface area (Å²) in [5, 5.41) is 0. The highest BCUT2D eigenvalue weighted by Gasteiger charge is 1.56. The molecule has 0 atom stereocenters. The molecular weight excluding hydrogens is 84.1 g/mol. The van der Waals surface area contributed by atoms with Crippen LogP contribution in [0.3, 0.4) is 0 Å². The van der Waals surface area contributed by atoms with E-state index in [4.69, 9.17) is 6.42 Å². The van der Waals surface area contributed by atoms with Crippen molar-refractivity contribution in [3.63, 3.8) is 0 Å². The SMILES string of the molecule is C#CCC#CC=C. The Hall–Kier alpha value is -1.14. The Labute approximate surface area is 44.2 Å². The van der Waals surface area contributed by atoms with E-state index >= 15 is 0 Å². The van der Waals surface area contributed by atoms with Crippen molar-refractivity contribution in [1.82, 2.24) is 0 Å². The molecule has 0 spiro atoms. The van der Waals surface area contributed by atoms with Gasteiger partial charge in [-0.2, -0.15) is 0 Å². The first kappa shape index (κ1) is 5.86. The van der Waals surface area contributed by atoms with Crippen molar-refractivity contribution in [2.75, 3.05) is 0 Å². The average molecular weight is 90.1 g/mol. The van der Waals surface area contributed by atoms with Crippen LogP contribution in [0.15, 0.2) is 12.7 Å². The number of terminal acetylenes is 1. The summed E-state index contributed by atoms with van der Waals surface area (Å²) in [6.07, 6.45) is 6.93. The summed E-state index contributed by atoms with van der Waals surface area (Å²) < 4.78 is 0. The van der Waals surface area contributed by atoms with Crippen molar-refractivity contribution in [3.8, 4) is 24.2 Å². The predicted molar refractivity (Wildman–Crippen MR) is 31.4 cm³/mol. The number of allylic oxidation sites excluding steroid dienone is 1. The minimum Gasteiger partial charge on any atom is -0.119 e. The third-order valence-electron chi connectivity index (χ3n) is 0.395. The molecule has 0 unspecified atom stereocenters. The third-order valence-corrected chi connectivity index (χ3v) is 0.395. The molecule has 0 amide bonds. The maximum atomic E-state index is 4.88. The molecule has 0 radical (unpaired) electrons. The van der Waals surface area contributed by atoms with Gasteiger partial charge < -0.3 is 0 Å². The first-order valence-corrected chi connectivity index (χ1v) is 1.94. The molecule has 0 heterocycles. The summed E-state index contributed by atoms with van der Waals surface area (Å²) in [4.78, 5) is 0. The van der Waals surface area contributed by atoms with Crippen LogP contribution in [0.25, 0.3) is 0 Å². The van der Waals surface area contributed by atoms with Crippen LogP contribution >= 0.6 is 0 Å². The zero-order valence-electron chi connectivity index (χ0n) is 4.07. The van der Waals surface area contributed by atoms with Gasteiger partial charge in [0.25, 0.3) is 0 Å². The number of hydrogen-bond donors (Lipinski definition) is 0. The van der Waals surface area contributed by atoms with E-state index in [2.05, 4.69) is 24.3 Å². The Morgan fingerprint density at radius 2 is 2.43 bits per heavy atom. The van der Waals surface area contributed by atoms with E-state index in [1.165, 1.54) is 6.08 Å². The molecule has 0 aliphatic rings. The molecule has 0 saturated heterocycles. The maximum absolute atomic E-state index is 4.88. The van der Waals surface area contributed by atoms with Crippen molar-refractivity contribution in [2.24, 2.45) is 0 Å². The van der Waals surface area contributed by atoms with E-state index in [1.54, 1.807) is 0 Å². The quantitative estimate of drug-likeness (QED) is 0.392. The van der Waals surface area contributed by atoms with Crippen LogP contribution in [0.4, 0.5) is 0 Å². The standard InChI is InChI=1S/C7H6/c1-3-5-7-6-4-2/h1,4H,2,5H2. The normalized spacial score (nSPS) is 5.00. The largest absolute Gasteiger partial charge is 0.119 e. The molecule has 0 aromatic rings. The Kier molecular flexibility index (Phi) is 4.07. The van der Waals surface area contributed by atoms with Gasteiger partial charge >= 0.3 is 0 Å². The molecule has 0 heteroatoms. The Balaban J connectivity index is 3.30. The highest BCUT2D eigenvalue weighted by molar-refractivity contribution is 5.15. The van der Waals surface area contributed by atoms with Crippen LogP contribution in [0.5, 0.6) is 0 Å². The molecule has 0 rings (SSSR count). The number of rotatable bonds is 0. The van der Waals surface area contributed by atoms with E-state index in [9.17, 15) is 0 Å².